The highest BCUT2D eigenvalue weighted by Gasteiger charge is 2.18. The minimum Gasteiger partial charge on any atom is -0.489 e. The fraction of sp³-hybridized carbons (Fsp3) is 0.333. The first kappa shape index (κ1) is 20.5. The van der Waals surface area contributed by atoms with Crippen molar-refractivity contribution in [3.63, 3.8) is 0 Å². The Balaban J connectivity index is 1.38. The van der Waals surface area contributed by atoms with E-state index in [1.54, 1.807) is 12.1 Å². The highest BCUT2D eigenvalue weighted by Crippen LogP contribution is 2.41. The summed E-state index contributed by atoms with van der Waals surface area (Å²) < 4.78 is 34.5. The summed E-state index contributed by atoms with van der Waals surface area (Å²) in [5.74, 6) is 0.967. The van der Waals surface area contributed by atoms with Gasteiger partial charge in [0.05, 0.1) is 17.6 Å². The second kappa shape index (κ2) is 8.34. The zero-order chi connectivity index (χ0) is 22.4. The van der Waals surface area contributed by atoms with E-state index in [4.69, 9.17) is 4.74 Å². The molecule has 3 N–H and O–H groups in total. The number of hydrogen-bond donors (Lipinski definition) is 3. The smallest absolute Gasteiger partial charge is 0.167 e. The normalized spacial score (nSPS) is 15.3. The first-order valence-corrected chi connectivity index (χ1v) is 11.9. The zero-order valence-electron chi connectivity index (χ0n) is 18.4. The Hall–Kier alpha value is -3.12. The van der Waals surface area contributed by atoms with E-state index in [-0.39, 0.29) is 11.6 Å². The van der Waals surface area contributed by atoms with E-state index in [2.05, 4.69) is 15.3 Å². The molecule has 6 rings (SSSR count). The van der Waals surface area contributed by atoms with Gasteiger partial charge in [0.2, 0.25) is 0 Å². The van der Waals surface area contributed by atoms with Crippen LogP contribution in [0.15, 0.2) is 42.5 Å². The van der Waals surface area contributed by atoms with Crippen LogP contribution in [-0.4, -0.2) is 29.7 Å². The monoisotopic (exact) mass is 447 g/mol. The van der Waals surface area contributed by atoms with E-state index < -0.39 is 0 Å². The molecule has 0 unspecified atom stereocenters. The summed E-state index contributed by atoms with van der Waals surface area (Å²) in [5.41, 5.74) is 3.39. The third kappa shape index (κ3) is 3.72. The van der Waals surface area contributed by atoms with Crippen molar-refractivity contribution in [3.05, 3.63) is 54.1 Å². The number of piperidine rings is 1. The average Bonchev–Trinajstić information content (AvgIpc) is 3.37. The van der Waals surface area contributed by atoms with Crippen molar-refractivity contribution in [1.82, 2.24) is 15.3 Å². The molecule has 0 amide bonds. The minimum atomic E-state index is -0.283. The maximum Gasteiger partial charge on any atom is 0.167 e. The highest BCUT2D eigenvalue weighted by atomic mass is 19.1. The molecule has 1 fully saturated rings. The zero-order valence-corrected chi connectivity index (χ0v) is 18.4. The van der Waals surface area contributed by atoms with Crippen LogP contribution < -0.4 is 10.1 Å². The number of hydrogen-bond acceptors (Lipinski definition) is 2. The molecule has 0 bridgehead atoms. The predicted octanol–water partition coefficient (Wildman–Crippen LogP) is 6.78. The summed E-state index contributed by atoms with van der Waals surface area (Å²) in [6.45, 7) is 2.86. The topological polar surface area (TPSA) is 52.8 Å². The third-order valence-electron chi connectivity index (χ3n) is 7.06. The van der Waals surface area contributed by atoms with Crippen LogP contribution in [0, 0.1) is 17.6 Å². The molecule has 1 aliphatic rings. The van der Waals surface area contributed by atoms with Gasteiger partial charge < -0.3 is 20.0 Å². The minimum absolute atomic E-state index is 0.283. The number of aromatic amines is 2. The summed E-state index contributed by atoms with van der Waals surface area (Å²) >= 11 is 0. The van der Waals surface area contributed by atoms with Crippen molar-refractivity contribution in [3.8, 4) is 5.75 Å². The predicted molar refractivity (Wildman–Crippen MR) is 130 cm³/mol. The number of halogens is 2. The number of benzene rings is 3. The number of fused-ring (bicyclic) bond motifs is 6. The van der Waals surface area contributed by atoms with Crippen LogP contribution in [0.3, 0.4) is 0 Å². The van der Waals surface area contributed by atoms with Gasteiger partial charge in [0.25, 0.3) is 0 Å². The lowest BCUT2D eigenvalue weighted by Crippen LogP contribution is -2.27. The van der Waals surface area contributed by atoms with Crippen molar-refractivity contribution < 1.29 is 13.5 Å². The Bertz CT molecular complexity index is 1370. The summed E-state index contributed by atoms with van der Waals surface area (Å²) in [6, 6.07) is 11.5. The molecule has 6 heteroatoms. The van der Waals surface area contributed by atoms with E-state index in [1.807, 2.05) is 6.07 Å². The molecule has 4 nitrogen and oxygen atoms in total. The number of H-pyrrole nitrogens is 2. The molecule has 1 saturated heterocycles. The Morgan fingerprint density at radius 2 is 1.36 bits per heavy atom. The third-order valence-corrected chi connectivity index (χ3v) is 7.06. The van der Waals surface area contributed by atoms with E-state index >= 15 is 0 Å². The summed E-state index contributed by atoms with van der Waals surface area (Å²) in [7, 11) is 0. The molecule has 2 aromatic heterocycles. The highest BCUT2D eigenvalue weighted by molar-refractivity contribution is 6.20. The maximum atomic E-state index is 14.0. The lowest BCUT2D eigenvalue weighted by molar-refractivity contribution is 0.291. The van der Waals surface area contributed by atoms with Gasteiger partial charge in [-0.3, -0.25) is 0 Å². The first-order valence-electron chi connectivity index (χ1n) is 11.9. The molecule has 3 heterocycles. The van der Waals surface area contributed by atoms with Crippen LogP contribution in [-0.2, 0) is 0 Å². The van der Waals surface area contributed by atoms with Crippen molar-refractivity contribution >= 4 is 43.6 Å². The molecule has 1 aliphatic heterocycles. The second-order valence-corrected chi connectivity index (χ2v) is 9.22. The molecule has 170 valence electrons. The number of ether oxygens (including phenoxy) is 1. The molecular formula is C27H27F2N3O. The van der Waals surface area contributed by atoms with Crippen LogP contribution in [0.25, 0.3) is 43.6 Å². The number of nitrogens with one attached hydrogen (secondary N) is 3. The lowest BCUT2D eigenvalue weighted by Gasteiger charge is -2.22. The van der Waals surface area contributed by atoms with E-state index in [1.165, 1.54) is 43.5 Å². The van der Waals surface area contributed by atoms with E-state index in [0.29, 0.717) is 6.61 Å². The number of unbranched alkanes of at least 4 members (excludes halogenated alkanes) is 1. The van der Waals surface area contributed by atoms with Gasteiger partial charge in [0.1, 0.15) is 11.6 Å². The van der Waals surface area contributed by atoms with Gasteiger partial charge in [-0.05, 0) is 87.2 Å². The van der Waals surface area contributed by atoms with E-state index in [0.717, 1.165) is 81.2 Å². The van der Waals surface area contributed by atoms with Gasteiger partial charge in [0.15, 0.2) is 5.75 Å². The fourth-order valence-corrected chi connectivity index (χ4v) is 5.32. The van der Waals surface area contributed by atoms with Crippen molar-refractivity contribution in [2.45, 2.75) is 32.1 Å². The number of rotatable bonds is 6. The Kier molecular flexibility index (Phi) is 5.18. The van der Waals surface area contributed by atoms with Gasteiger partial charge in [-0.15, -0.1) is 0 Å². The quantitative estimate of drug-likeness (QED) is 0.251. The Morgan fingerprint density at radius 1 is 0.758 bits per heavy atom. The SMILES string of the molecule is Fc1ccc2[nH]c3c(OCCCCC4CCNCC4)c4[nH]c5ccc(F)cc5c4cc3c2c1. The molecule has 0 aliphatic carbocycles. The van der Waals surface area contributed by atoms with Crippen molar-refractivity contribution in [2.75, 3.05) is 19.7 Å². The van der Waals surface area contributed by atoms with E-state index in [9.17, 15) is 8.78 Å². The summed E-state index contributed by atoms with van der Waals surface area (Å²) in [6.07, 6.45) is 5.88. The first-order chi connectivity index (χ1) is 16.2. The number of aromatic nitrogens is 2. The molecule has 0 spiro atoms. The standard InChI is InChI=1S/C27H27F2N3O/c28-17-4-6-23-19(13-17)21-15-22-20-14-18(29)5-7-24(20)32-26(22)27(25(21)31-23)33-12-2-1-3-16-8-10-30-11-9-16/h4-7,13-16,30-32H,1-3,8-12H2. The summed E-state index contributed by atoms with van der Waals surface area (Å²) in [4.78, 5) is 6.84. The lowest BCUT2D eigenvalue weighted by atomic mass is 9.93. The van der Waals surface area contributed by atoms with Crippen LogP contribution in [0.2, 0.25) is 0 Å². The van der Waals surface area contributed by atoms with Crippen molar-refractivity contribution in [2.24, 2.45) is 5.92 Å². The van der Waals surface area contributed by atoms with Crippen LogP contribution in [0.1, 0.15) is 32.1 Å². The van der Waals surface area contributed by atoms with Crippen molar-refractivity contribution in [1.29, 1.82) is 0 Å². The maximum absolute atomic E-state index is 14.0. The Morgan fingerprint density at radius 3 is 1.97 bits per heavy atom. The molecule has 0 saturated carbocycles. The average molecular weight is 448 g/mol. The van der Waals surface area contributed by atoms with Crippen LogP contribution in [0.5, 0.6) is 5.75 Å². The second-order valence-electron chi connectivity index (χ2n) is 9.22. The van der Waals surface area contributed by atoms with Gasteiger partial charge in [-0.2, -0.15) is 0 Å². The summed E-state index contributed by atoms with van der Waals surface area (Å²) in [5, 5.41) is 6.78. The molecule has 0 atom stereocenters. The molecule has 3 aromatic carbocycles. The fourth-order valence-electron chi connectivity index (χ4n) is 5.32. The Labute approximate surface area is 190 Å². The molecule has 0 radical (unpaired) electrons. The van der Waals surface area contributed by atoms with Gasteiger partial charge in [0, 0.05) is 32.6 Å². The van der Waals surface area contributed by atoms with Gasteiger partial charge in [-0.25, -0.2) is 8.78 Å². The van der Waals surface area contributed by atoms with Crippen LogP contribution in [0.4, 0.5) is 8.78 Å². The molecule has 33 heavy (non-hydrogen) atoms. The largest absolute Gasteiger partial charge is 0.489 e. The van der Waals surface area contributed by atoms with Crippen LogP contribution >= 0.6 is 0 Å². The molecule has 5 aromatic rings. The van der Waals surface area contributed by atoms with Gasteiger partial charge in [-0.1, -0.05) is 6.42 Å². The molecular weight excluding hydrogens is 420 g/mol. The van der Waals surface area contributed by atoms with Gasteiger partial charge >= 0.3 is 0 Å².